The minimum atomic E-state index is -0.776. The van der Waals surface area contributed by atoms with Crippen LogP contribution in [0.3, 0.4) is 0 Å². The minimum absolute atomic E-state index is 0.190. The highest BCUT2D eigenvalue weighted by molar-refractivity contribution is 5.34. The first-order valence-electron chi connectivity index (χ1n) is 12.3. The van der Waals surface area contributed by atoms with E-state index in [9.17, 15) is 15.3 Å². The van der Waals surface area contributed by atoms with E-state index >= 15 is 0 Å². The summed E-state index contributed by atoms with van der Waals surface area (Å²) >= 11 is 0. The van der Waals surface area contributed by atoms with Crippen LogP contribution >= 0.6 is 0 Å². The quantitative estimate of drug-likeness (QED) is 0.420. The molecule has 3 N–H and O–H groups in total. The smallest absolute Gasteiger partial charge is 0.176 e. The number of aromatic hydroxyl groups is 2. The molecule has 1 aromatic heterocycles. The first kappa shape index (κ1) is 24.7. The van der Waals surface area contributed by atoms with Crippen LogP contribution < -0.4 is 0 Å². The maximum absolute atomic E-state index is 11.8. The third-order valence-electron chi connectivity index (χ3n) is 7.20. The molecule has 0 unspecified atom stereocenters. The normalized spacial score (nSPS) is 25.5. The fraction of sp³-hybridized carbons (Fsp3) is 0.393. The summed E-state index contributed by atoms with van der Waals surface area (Å²) in [7, 11) is 1.97. The number of aromatic nitrogens is 1. The van der Waals surface area contributed by atoms with Crippen molar-refractivity contribution in [3.8, 4) is 11.5 Å². The highest BCUT2D eigenvalue weighted by Gasteiger charge is 2.53. The maximum Gasteiger partial charge on any atom is 0.176 e. The minimum Gasteiger partial charge on any atom is -0.508 e. The molecule has 0 aliphatic carbocycles. The van der Waals surface area contributed by atoms with Crippen molar-refractivity contribution in [1.82, 2.24) is 14.8 Å². The third kappa shape index (κ3) is 5.23. The van der Waals surface area contributed by atoms with Crippen LogP contribution in [0.25, 0.3) is 0 Å². The standard InChI is InChI=1S/C28H33N3O5/c1-30(15-13-21-10-6-7-14-29-21)26-27(34)25(24-18-35-28(26)36-24)31(16-19-8-2-4-11-22(19)32)17-20-9-3-5-12-23(20)33/h2-12,14,24-28,32-34H,13,15-18H2,1H3/t24-,25-,26-,27+,28-/m1/s1. The van der Waals surface area contributed by atoms with Crippen LogP contribution in [-0.4, -0.2) is 80.9 Å². The average Bonchev–Trinajstić information content (AvgIpc) is 3.30. The molecule has 5 atom stereocenters. The van der Waals surface area contributed by atoms with Gasteiger partial charge in [-0.2, -0.15) is 0 Å². The van der Waals surface area contributed by atoms with Gasteiger partial charge >= 0.3 is 0 Å². The van der Waals surface area contributed by atoms with Gasteiger partial charge in [-0.25, -0.2) is 0 Å². The van der Waals surface area contributed by atoms with Gasteiger partial charge in [0.2, 0.25) is 0 Å². The Hall–Kier alpha value is -3.01. The largest absolute Gasteiger partial charge is 0.508 e. The van der Waals surface area contributed by atoms with Gasteiger partial charge < -0.3 is 24.8 Å². The Labute approximate surface area is 211 Å². The summed E-state index contributed by atoms with van der Waals surface area (Å²) in [5.41, 5.74) is 2.46. The molecule has 3 aromatic rings. The number of rotatable bonds is 9. The number of aliphatic hydroxyl groups excluding tert-OH is 1. The van der Waals surface area contributed by atoms with E-state index in [1.165, 1.54) is 0 Å². The van der Waals surface area contributed by atoms with Crippen LogP contribution in [0.1, 0.15) is 16.8 Å². The molecule has 0 radical (unpaired) electrons. The molecule has 2 aliphatic rings. The number of aliphatic hydroxyl groups is 1. The fourth-order valence-electron chi connectivity index (χ4n) is 5.28. The van der Waals surface area contributed by atoms with E-state index in [0.717, 1.165) is 23.2 Å². The summed E-state index contributed by atoms with van der Waals surface area (Å²) in [5, 5.41) is 32.7. The Bertz CT molecular complexity index is 1100. The van der Waals surface area contributed by atoms with Crippen molar-refractivity contribution < 1.29 is 24.8 Å². The number of ether oxygens (including phenoxy) is 2. The summed E-state index contributed by atoms with van der Waals surface area (Å²) in [6, 6.07) is 19.4. The lowest BCUT2D eigenvalue weighted by Crippen LogP contribution is -2.64. The zero-order chi connectivity index (χ0) is 25.1. The van der Waals surface area contributed by atoms with Gasteiger partial charge in [-0.3, -0.25) is 14.8 Å². The number of phenolic OH excluding ortho intramolecular Hbond substituents is 2. The van der Waals surface area contributed by atoms with E-state index in [-0.39, 0.29) is 23.6 Å². The van der Waals surface area contributed by atoms with Crippen molar-refractivity contribution in [2.75, 3.05) is 20.2 Å². The first-order chi connectivity index (χ1) is 17.5. The van der Waals surface area contributed by atoms with E-state index in [0.29, 0.717) is 26.2 Å². The van der Waals surface area contributed by atoms with Crippen LogP contribution in [0.4, 0.5) is 0 Å². The average molecular weight is 492 g/mol. The van der Waals surface area contributed by atoms with Gasteiger partial charge in [0.05, 0.1) is 24.8 Å². The molecule has 2 aliphatic heterocycles. The Morgan fingerprint density at radius 3 is 2.14 bits per heavy atom. The predicted molar refractivity (Wildman–Crippen MR) is 134 cm³/mol. The number of nitrogens with zero attached hydrogens (tertiary/aromatic N) is 3. The van der Waals surface area contributed by atoms with Crippen molar-refractivity contribution in [2.45, 2.75) is 50.1 Å². The van der Waals surface area contributed by atoms with Crippen molar-refractivity contribution in [2.24, 2.45) is 0 Å². The number of fused-ring (bicyclic) bond motifs is 2. The number of likely N-dealkylation sites (N-methyl/N-ethyl adjacent to an activating group) is 1. The number of hydrogen-bond acceptors (Lipinski definition) is 8. The number of para-hydroxylation sites is 2. The lowest BCUT2D eigenvalue weighted by atomic mass is 9.92. The zero-order valence-electron chi connectivity index (χ0n) is 20.4. The monoisotopic (exact) mass is 491 g/mol. The fourth-order valence-corrected chi connectivity index (χ4v) is 5.28. The number of benzene rings is 2. The van der Waals surface area contributed by atoms with E-state index in [1.54, 1.807) is 30.5 Å². The lowest BCUT2D eigenvalue weighted by molar-refractivity contribution is -0.196. The Balaban J connectivity index is 1.41. The van der Waals surface area contributed by atoms with Crippen LogP contribution in [0.2, 0.25) is 0 Å². The van der Waals surface area contributed by atoms with E-state index in [4.69, 9.17) is 9.47 Å². The molecule has 5 rings (SSSR count). The molecule has 0 spiro atoms. The molecule has 36 heavy (non-hydrogen) atoms. The second kappa shape index (κ2) is 10.9. The van der Waals surface area contributed by atoms with Gasteiger partial charge in [-0.1, -0.05) is 42.5 Å². The van der Waals surface area contributed by atoms with Crippen molar-refractivity contribution in [1.29, 1.82) is 0 Å². The van der Waals surface area contributed by atoms with E-state index in [1.807, 2.05) is 49.5 Å². The van der Waals surface area contributed by atoms with Crippen LogP contribution in [0, 0.1) is 0 Å². The van der Waals surface area contributed by atoms with Gasteiger partial charge in [0.25, 0.3) is 0 Å². The van der Waals surface area contributed by atoms with Gasteiger partial charge in [-0.15, -0.1) is 0 Å². The first-order valence-corrected chi connectivity index (χ1v) is 12.3. The second-order valence-corrected chi connectivity index (χ2v) is 9.56. The molecule has 2 aromatic carbocycles. The zero-order valence-corrected chi connectivity index (χ0v) is 20.4. The molecule has 2 fully saturated rings. The molecule has 0 saturated carbocycles. The molecule has 2 bridgehead atoms. The van der Waals surface area contributed by atoms with E-state index in [2.05, 4.69) is 14.8 Å². The maximum atomic E-state index is 11.8. The van der Waals surface area contributed by atoms with Crippen molar-refractivity contribution >= 4 is 0 Å². The molecule has 2 saturated heterocycles. The Kier molecular flexibility index (Phi) is 7.50. The summed E-state index contributed by atoms with van der Waals surface area (Å²) in [4.78, 5) is 8.56. The molecule has 0 amide bonds. The summed E-state index contributed by atoms with van der Waals surface area (Å²) in [6.45, 7) is 1.79. The molecule has 190 valence electrons. The topological polar surface area (TPSA) is 98.5 Å². The number of pyridine rings is 1. The molecular weight excluding hydrogens is 458 g/mol. The van der Waals surface area contributed by atoms with Crippen LogP contribution in [0.5, 0.6) is 11.5 Å². The van der Waals surface area contributed by atoms with Crippen molar-refractivity contribution in [3.05, 3.63) is 89.7 Å². The highest BCUT2D eigenvalue weighted by atomic mass is 16.7. The summed E-state index contributed by atoms with van der Waals surface area (Å²) < 4.78 is 12.3. The number of phenols is 2. The lowest BCUT2D eigenvalue weighted by Gasteiger charge is -2.46. The van der Waals surface area contributed by atoms with Crippen LogP contribution in [0.15, 0.2) is 72.9 Å². The highest BCUT2D eigenvalue weighted by Crippen LogP contribution is 2.36. The predicted octanol–water partition coefficient (Wildman–Crippen LogP) is 2.52. The molecule has 8 heteroatoms. The Morgan fingerprint density at radius 2 is 1.53 bits per heavy atom. The van der Waals surface area contributed by atoms with Crippen LogP contribution in [-0.2, 0) is 29.0 Å². The van der Waals surface area contributed by atoms with Gasteiger partial charge in [-0.05, 0) is 31.3 Å². The van der Waals surface area contributed by atoms with E-state index < -0.39 is 18.4 Å². The molecule has 3 heterocycles. The van der Waals surface area contributed by atoms with Gasteiger partial charge in [0.15, 0.2) is 6.29 Å². The summed E-state index contributed by atoms with van der Waals surface area (Å²) in [5.74, 6) is 0.381. The summed E-state index contributed by atoms with van der Waals surface area (Å²) in [6.07, 6.45) is 0.890. The second-order valence-electron chi connectivity index (χ2n) is 9.56. The third-order valence-corrected chi connectivity index (χ3v) is 7.20. The Morgan fingerprint density at radius 1 is 0.889 bits per heavy atom. The van der Waals surface area contributed by atoms with Gasteiger partial charge in [0, 0.05) is 49.1 Å². The number of hydrogen-bond donors (Lipinski definition) is 3. The van der Waals surface area contributed by atoms with Crippen molar-refractivity contribution in [3.63, 3.8) is 0 Å². The SMILES string of the molecule is CN(CCc1ccccn1)[C@H]1[C@@H]2OC[C@@H](O2)[C@@H](N(Cc2ccccc2O)Cc2ccccc2O)[C@@H]1O. The molecule has 8 nitrogen and oxygen atoms in total. The molecular formula is C28H33N3O5. The van der Waals surface area contributed by atoms with Gasteiger partial charge in [0.1, 0.15) is 17.6 Å².